The fraction of sp³-hybridized carbons (Fsp3) is 0.250. The fourth-order valence-corrected chi connectivity index (χ4v) is 1.99. The van der Waals surface area contributed by atoms with Gasteiger partial charge in [0.1, 0.15) is 18.1 Å². The zero-order valence-corrected chi connectivity index (χ0v) is 12.4. The number of hydrogen-bond acceptors (Lipinski definition) is 3. The number of carbonyl (C=O) groups excluding carboxylic acids is 1. The molecule has 23 heavy (non-hydrogen) atoms. The number of nitrogens with zero attached hydrogens (tertiary/aromatic N) is 2. The van der Waals surface area contributed by atoms with Gasteiger partial charge in [0.25, 0.3) is 5.91 Å². The molecule has 2 rings (SSSR count). The van der Waals surface area contributed by atoms with Crippen LogP contribution in [0, 0.1) is 0 Å². The van der Waals surface area contributed by atoms with Crippen LogP contribution in [0.25, 0.3) is 0 Å². The summed E-state index contributed by atoms with van der Waals surface area (Å²) in [4.78, 5) is 17.0. The number of carbonyl (C=O) groups is 1. The molecule has 7 heteroatoms. The number of halogens is 3. The van der Waals surface area contributed by atoms with Gasteiger partial charge in [-0.2, -0.15) is 13.2 Å². The van der Waals surface area contributed by atoms with E-state index in [2.05, 4.69) is 4.98 Å². The number of aromatic nitrogens is 1. The van der Waals surface area contributed by atoms with Crippen molar-refractivity contribution in [2.45, 2.75) is 13.1 Å². The zero-order valence-electron chi connectivity index (χ0n) is 12.4. The first-order valence-corrected chi connectivity index (χ1v) is 6.93. The number of ether oxygens (including phenoxy) is 1. The minimum atomic E-state index is -4.54. The standard InChI is InChI=1S/C16H15F3N2O2/c1-2-23-13-7-5-6-12(10-13)15(22)21(11-16(17,18)19)14-8-3-4-9-20-14/h3-10H,2,11H2,1H3. The zero-order chi connectivity index (χ0) is 16.9. The van der Waals surface area contributed by atoms with E-state index in [1.807, 2.05) is 0 Å². The summed E-state index contributed by atoms with van der Waals surface area (Å²) in [6.07, 6.45) is -3.20. The minimum Gasteiger partial charge on any atom is -0.494 e. The molecular weight excluding hydrogens is 309 g/mol. The third kappa shape index (κ3) is 4.70. The van der Waals surface area contributed by atoms with Gasteiger partial charge >= 0.3 is 6.18 Å². The molecule has 0 aliphatic carbocycles. The van der Waals surface area contributed by atoms with Crippen LogP contribution in [-0.2, 0) is 0 Å². The Bertz CT molecular complexity index is 660. The van der Waals surface area contributed by atoms with Crippen molar-refractivity contribution < 1.29 is 22.7 Å². The molecule has 0 atom stereocenters. The van der Waals surface area contributed by atoms with Gasteiger partial charge in [0.15, 0.2) is 0 Å². The lowest BCUT2D eigenvalue weighted by atomic mass is 10.2. The largest absolute Gasteiger partial charge is 0.494 e. The van der Waals surface area contributed by atoms with Crippen LogP contribution >= 0.6 is 0 Å². The van der Waals surface area contributed by atoms with Crippen LogP contribution in [0.5, 0.6) is 5.75 Å². The Hall–Kier alpha value is -2.57. The van der Waals surface area contributed by atoms with Crippen LogP contribution in [0.2, 0.25) is 0 Å². The fourth-order valence-electron chi connectivity index (χ4n) is 1.99. The maximum atomic E-state index is 12.8. The topological polar surface area (TPSA) is 42.4 Å². The van der Waals surface area contributed by atoms with E-state index in [4.69, 9.17) is 4.74 Å². The quantitative estimate of drug-likeness (QED) is 0.842. The van der Waals surface area contributed by atoms with Gasteiger partial charge in [-0.3, -0.25) is 9.69 Å². The highest BCUT2D eigenvalue weighted by Gasteiger charge is 2.34. The van der Waals surface area contributed by atoms with E-state index in [-0.39, 0.29) is 11.4 Å². The van der Waals surface area contributed by atoms with Gasteiger partial charge in [-0.05, 0) is 37.3 Å². The molecule has 0 aliphatic rings. The van der Waals surface area contributed by atoms with Crippen molar-refractivity contribution in [1.29, 1.82) is 0 Å². The summed E-state index contributed by atoms with van der Waals surface area (Å²) in [6, 6.07) is 10.5. The lowest BCUT2D eigenvalue weighted by molar-refractivity contribution is -0.118. The van der Waals surface area contributed by atoms with Gasteiger partial charge in [-0.1, -0.05) is 12.1 Å². The number of alkyl halides is 3. The molecule has 0 fully saturated rings. The first-order valence-electron chi connectivity index (χ1n) is 6.93. The van der Waals surface area contributed by atoms with E-state index >= 15 is 0 Å². The number of benzene rings is 1. The van der Waals surface area contributed by atoms with Crippen LogP contribution in [0.4, 0.5) is 19.0 Å². The van der Waals surface area contributed by atoms with Crippen LogP contribution in [-0.4, -0.2) is 30.2 Å². The molecule has 0 unspecified atom stereocenters. The van der Waals surface area contributed by atoms with E-state index in [1.165, 1.54) is 30.5 Å². The van der Waals surface area contributed by atoms with Crippen molar-refractivity contribution in [3.8, 4) is 5.75 Å². The lowest BCUT2D eigenvalue weighted by Crippen LogP contribution is -2.39. The van der Waals surface area contributed by atoms with Crippen molar-refractivity contribution in [2.24, 2.45) is 0 Å². The molecule has 0 saturated heterocycles. The molecule has 0 aliphatic heterocycles. The number of anilines is 1. The van der Waals surface area contributed by atoms with Crippen molar-refractivity contribution in [3.63, 3.8) is 0 Å². The Morgan fingerprint density at radius 2 is 2.00 bits per heavy atom. The van der Waals surface area contributed by atoms with E-state index in [9.17, 15) is 18.0 Å². The predicted octanol–water partition coefficient (Wildman–Crippen LogP) is 3.69. The second-order valence-corrected chi connectivity index (χ2v) is 4.66. The first-order chi connectivity index (χ1) is 10.9. The Kier molecular flexibility index (Phi) is 5.20. The molecule has 0 spiro atoms. The van der Waals surface area contributed by atoms with E-state index in [0.29, 0.717) is 17.3 Å². The molecule has 0 saturated carbocycles. The Morgan fingerprint density at radius 1 is 1.22 bits per heavy atom. The monoisotopic (exact) mass is 324 g/mol. The van der Waals surface area contributed by atoms with Crippen molar-refractivity contribution in [1.82, 2.24) is 4.98 Å². The number of rotatable bonds is 5. The maximum absolute atomic E-state index is 12.8. The lowest BCUT2D eigenvalue weighted by Gasteiger charge is -2.23. The second-order valence-electron chi connectivity index (χ2n) is 4.66. The number of hydrogen-bond donors (Lipinski definition) is 0. The summed E-state index contributed by atoms with van der Waals surface area (Å²) < 4.78 is 43.7. The van der Waals surface area contributed by atoms with Gasteiger partial charge in [-0.25, -0.2) is 4.98 Å². The molecule has 1 amide bonds. The molecule has 1 heterocycles. The van der Waals surface area contributed by atoms with Crippen LogP contribution < -0.4 is 9.64 Å². The molecule has 1 aromatic carbocycles. The summed E-state index contributed by atoms with van der Waals surface area (Å²) >= 11 is 0. The van der Waals surface area contributed by atoms with E-state index in [1.54, 1.807) is 25.1 Å². The normalized spacial score (nSPS) is 11.1. The summed E-state index contributed by atoms with van der Waals surface area (Å²) in [5.41, 5.74) is 0.103. The molecule has 2 aromatic rings. The van der Waals surface area contributed by atoms with Gasteiger partial charge < -0.3 is 4.74 Å². The van der Waals surface area contributed by atoms with Crippen molar-refractivity contribution in [2.75, 3.05) is 18.1 Å². The highest BCUT2D eigenvalue weighted by Crippen LogP contribution is 2.23. The Morgan fingerprint density at radius 3 is 2.61 bits per heavy atom. The third-order valence-corrected chi connectivity index (χ3v) is 2.90. The molecule has 0 radical (unpaired) electrons. The maximum Gasteiger partial charge on any atom is 0.406 e. The molecule has 122 valence electrons. The minimum absolute atomic E-state index is 0.0587. The molecule has 0 N–H and O–H groups in total. The van der Waals surface area contributed by atoms with Gasteiger partial charge in [0.05, 0.1) is 6.61 Å². The number of amides is 1. The highest BCUT2D eigenvalue weighted by molar-refractivity contribution is 6.05. The highest BCUT2D eigenvalue weighted by atomic mass is 19.4. The molecule has 1 aromatic heterocycles. The SMILES string of the molecule is CCOc1cccc(C(=O)N(CC(F)(F)F)c2ccccn2)c1. The number of pyridine rings is 1. The van der Waals surface area contributed by atoms with Crippen molar-refractivity contribution in [3.05, 3.63) is 54.2 Å². The predicted molar refractivity (Wildman–Crippen MR) is 79.6 cm³/mol. The van der Waals surface area contributed by atoms with Crippen LogP contribution in [0.1, 0.15) is 17.3 Å². The third-order valence-electron chi connectivity index (χ3n) is 2.90. The van der Waals surface area contributed by atoms with Crippen molar-refractivity contribution >= 4 is 11.7 Å². The Labute approximate surface area is 131 Å². The van der Waals surface area contributed by atoms with E-state index in [0.717, 1.165) is 0 Å². The van der Waals surface area contributed by atoms with Crippen LogP contribution in [0.15, 0.2) is 48.7 Å². The average Bonchev–Trinajstić information content (AvgIpc) is 2.53. The van der Waals surface area contributed by atoms with Gasteiger partial charge in [0, 0.05) is 11.8 Å². The molecule has 4 nitrogen and oxygen atoms in total. The van der Waals surface area contributed by atoms with E-state index < -0.39 is 18.6 Å². The molecule has 0 bridgehead atoms. The Balaban J connectivity index is 2.35. The van der Waals surface area contributed by atoms with Crippen LogP contribution in [0.3, 0.4) is 0 Å². The van der Waals surface area contributed by atoms with Gasteiger partial charge in [-0.15, -0.1) is 0 Å². The summed E-state index contributed by atoms with van der Waals surface area (Å²) in [6.45, 7) is 0.754. The summed E-state index contributed by atoms with van der Waals surface area (Å²) in [5.74, 6) is -0.425. The smallest absolute Gasteiger partial charge is 0.406 e. The summed E-state index contributed by atoms with van der Waals surface area (Å²) in [7, 11) is 0. The second kappa shape index (κ2) is 7.13. The van der Waals surface area contributed by atoms with Gasteiger partial charge in [0.2, 0.25) is 0 Å². The molecular formula is C16H15F3N2O2. The average molecular weight is 324 g/mol. The first kappa shape index (κ1) is 16.8. The summed E-state index contributed by atoms with van der Waals surface area (Å²) in [5, 5.41) is 0.